The number of halogens is 3. The Bertz CT molecular complexity index is 1260. The molecule has 152 valence electrons. The van der Waals surface area contributed by atoms with Crippen LogP contribution in [0.3, 0.4) is 0 Å². The van der Waals surface area contributed by atoms with Crippen LogP contribution in [0, 0.1) is 0 Å². The van der Waals surface area contributed by atoms with Crippen molar-refractivity contribution < 1.29 is 22.4 Å². The first-order valence-corrected chi connectivity index (χ1v) is 10.4. The lowest BCUT2D eigenvalue weighted by Crippen LogP contribution is -2.35. The Balaban J connectivity index is 1.77. The monoisotopic (exact) mass is 448 g/mol. The molecule has 1 amide bonds. The number of pyridine rings is 1. The van der Waals surface area contributed by atoms with Gasteiger partial charge in [-0.1, -0.05) is 17.8 Å². The van der Waals surface area contributed by atoms with Crippen molar-refractivity contribution >= 4 is 55.8 Å². The first-order valence-electron chi connectivity index (χ1n) is 8.67. The van der Waals surface area contributed by atoms with Crippen LogP contribution in [0.25, 0.3) is 21.5 Å². The van der Waals surface area contributed by atoms with Gasteiger partial charge in [-0.3, -0.25) is 9.79 Å². The third-order valence-corrected chi connectivity index (χ3v) is 6.71. The summed E-state index contributed by atoms with van der Waals surface area (Å²) < 4.78 is 45.7. The molecule has 0 saturated carbocycles. The average Bonchev–Trinajstić information content (AvgIpc) is 3.43. The van der Waals surface area contributed by atoms with E-state index in [1.54, 1.807) is 18.2 Å². The third kappa shape index (κ3) is 2.96. The summed E-state index contributed by atoms with van der Waals surface area (Å²) in [7, 11) is 0. The predicted octanol–water partition coefficient (Wildman–Crippen LogP) is 4.97. The maximum absolute atomic E-state index is 13.5. The van der Waals surface area contributed by atoms with Gasteiger partial charge in [0.05, 0.1) is 29.1 Å². The highest BCUT2D eigenvalue weighted by Crippen LogP contribution is 2.47. The van der Waals surface area contributed by atoms with E-state index in [9.17, 15) is 18.0 Å². The molecule has 2 aliphatic heterocycles. The number of nitrogens with zero attached hydrogens (tertiary/aromatic N) is 3. The third-order valence-electron chi connectivity index (χ3n) is 4.50. The number of aromatic nitrogens is 1. The van der Waals surface area contributed by atoms with Crippen molar-refractivity contribution in [3.05, 3.63) is 47.7 Å². The number of carbonyl (C=O) groups excluding carboxylic acids is 1. The zero-order valence-electron chi connectivity index (χ0n) is 15.0. The molecule has 5 rings (SSSR count). The van der Waals surface area contributed by atoms with Gasteiger partial charge in [0, 0.05) is 10.9 Å². The summed E-state index contributed by atoms with van der Waals surface area (Å²) >= 11 is 2.26. The van der Waals surface area contributed by atoms with E-state index in [2.05, 4.69) is 26.9 Å². The number of aliphatic imine (C=N–C) groups is 2. The summed E-state index contributed by atoms with van der Waals surface area (Å²) in [5.74, 6) is -0.0547. The number of fused-ring (bicyclic) bond motifs is 5. The smallest absolute Gasteiger partial charge is 0.433 e. The van der Waals surface area contributed by atoms with E-state index in [0.717, 1.165) is 17.4 Å². The van der Waals surface area contributed by atoms with Gasteiger partial charge < -0.3 is 9.73 Å². The van der Waals surface area contributed by atoms with Gasteiger partial charge in [0.1, 0.15) is 21.5 Å². The molecular weight excluding hydrogens is 437 g/mol. The Morgan fingerprint density at radius 1 is 1.40 bits per heavy atom. The Hall–Kier alpha value is -2.92. The van der Waals surface area contributed by atoms with Crippen molar-refractivity contribution in [1.82, 2.24) is 4.98 Å². The molecule has 0 aromatic carbocycles. The van der Waals surface area contributed by atoms with Gasteiger partial charge in [0.25, 0.3) is 0 Å². The lowest BCUT2D eigenvalue weighted by atomic mass is 10.0. The Labute approximate surface area is 175 Å². The number of amidine groups is 1. The van der Waals surface area contributed by atoms with Gasteiger partial charge in [-0.25, -0.2) is 9.98 Å². The summed E-state index contributed by atoms with van der Waals surface area (Å²) in [4.78, 5) is 26.0. The number of anilines is 1. The number of alkyl halides is 3. The Kier molecular flexibility index (Phi) is 4.33. The number of nitrogens with one attached hydrogen (secondary N) is 1. The number of hydrogen-bond acceptors (Lipinski definition) is 6. The minimum atomic E-state index is -4.63. The summed E-state index contributed by atoms with van der Waals surface area (Å²) in [6, 6.07) is 4.09. The van der Waals surface area contributed by atoms with Crippen LogP contribution in [0.5, 0.6) is 0 Å². The Morgan fingerprint density at radius 2 is 2.23 bits per heavy atom. The van der Waals surface area contributed by atoms with E-state index in [0.29, 0.717) is 33.4 Å². The molecule has 1 atom stereocenters. The van der Waals surface area contributed by atoms with Crippen molar-refractivity contribution in [1.29, 1.82) is 0 Å². The highest BCUT2D eigenvalue weighted by atomic mass is 32.2. The molecule has 2 aliphatic rings. The molecule has 0 bridgehead atoms. The van der Waals surface area contributed by atoms with Crippen LogP contribution in [-0.4, -0.2) is 33.6 Å². The summed E-state index contributed by atoms with van der Waals surface area (Å²) in [6.07, 6.45) is -1.64. The van der Waals surface area contributed by atoms with Gasteiger partial charge in [-0.05, 0) is 18.2 Å². The molecule has 0 radical (unpaired) electrons. The molecule has 0 saturated heterocycles. The van der Waals surface area contributed by atoms with Gasteiger partial charge in [0.15, 0.2) is 5.17 Å². The fourth-order valence-corrected chi connectivity index (χ4v) is 5.48. The SMILES string of the molecule is C=CCN=C1N=C2c3sc4nc(C(F)(F)F)cc(-c5ccco5)c4c3NC(=O)C2S1. The van der Waals surface area contributed by atoms with Crippen LogP contribution in [0.15, 0.2) is 51.5 Å². The number of hydrogen-bond donors (Lipinski definition) is 1. The number of amides is 1. The van der Waals surface area contributed by atoms with Crippen molar-refractivity contribution in [3.8, 4) is 11.3 Å². The molecule has 0 aliphatic carbocycles. The molecule has 0 spiro atoms. The van der Waals surface area contributed by atoms with E-state index >= 15 is 0 Å². The predicted molar refractivity (Wildman–Crippen MR) is 111 cm³/mol. The first kappa shape index (κ1) is 19.1. The van der Waals surface area contributed by atoms with Crippen LogP contribution >= 0.6 is 23.1 Å². The molecule has 30 heavy (non-hydrogen) atoms. The summed E-state index contributed by atoms with van der Waals surface area (Å²) in [6.45, 7) is 3.96. The van der Waals surface area contributed by atoms with Crippen LogP contribution in [0.1, 0.15) is 10.6 Å². The number of thiophene rings is 1. The molecule has 6 nitrogen and oxygen atoms in total. The van der Waals surface area contributed by atoms with Crippen molar-refractivity contribution in [3.63, 3.8) is 0 Å². The van der Waals surface area contributed by atoms with E-state index in [-0.39, 0.29) is 22.1 Å². The summed E-state index contributed by atoms with van der Waals surface area (Å²) in [5, 5.41) is 3.05. The molecular formula is C19H11F3N4O2S2. The number of furan rings is 1. The minimum absolute atomic E-state index is 0.145. The molecule has 0 fully saturated rings. The maximum Gasteiger partial charge on any atom is 0.433 e. The second kappa shape index (κ2) is 6.81. The molecule has 3 aromatic rings. The lowest BCUT2D eigenvalue weighted by molar-refractivity contribution is -0.140. The molecule has 1 unspecified atom stereocenters. The van der Waals surface area contributed by atoms with Crippen LogP contribution < -0.4 is 5.32 Å². The first-order chi connectivity index (χ1) is 14.4. The van der Waals surface area contributed by atoms with Crippen LogP contribution in [0.2, 0.25) is 0 Å². The normalized spacial score (nSPS) is 19.6. The topological polar surface area (TPSA) is 79.8 Å². The second-order valence-electron chi connectivity index (χ2n) is 6.41. The highest BCUT2D eigenvalue weighted by Gasteiger charge is 2.42. The minimum Gasteiger partial charge on any atom is -0.464 e. The second-order valence-corrected chi connectivity index (χ2v) is 8.48. The summed E-state index contributed by atoms with van der Waals surface area (Å²) in [5.41, 5.74) is 0.0518. The standard InChI is InChI=1S/C19H11F3N4O2S2/c1-2-5-23-18-26-13-14-12(25-16(27)15(13)30-18)11-8(9-4-3-6-28-9)7-10(19(20,21)22)24-17(11)29-14/h2-4,6-7,15H,1,5H2,(H,25,27). The fraction of sp³-hybridized carbons (Fsp3) is 0.158. The maximum atomic E-state index is 13.5. The average molecular weight is 448 g/mol. The molecule has 5 heterocycles. The number of rotatable bonds is 3. The van der Waals surface area contributed by atoms with E-state index < -0.39 is 17.1 Å². The zero-order valence-corrected chi connectivity index (χ0v) is 16.6. The molecule has 1 N–H and O–H groups in total. The van der Waals surface area contributed by atoms with Crippen molar-refractivity contribution in [2.24, 2.45) is 9.98 Å². The quantitative estimate of drug-likeness (QED) is 0.574. The van der Waals surface area contributed by atoms with Gasteiger partial charge >= 0.3 is 6.18 Å². The van der Waals surface area contributed by atoms with Crippen molar-refractivity contribution in [2.75, 3.05) is 11.9 Å². The van der Waals surface area contributed by atoms with Crippen molar-refractivity contribution in [2.45, 2.75) is 11.4 Å². The lowest BCUT2D eigenvalue weighted by Gasteiger charge is -2.19. The zero-order chi connectivity index (χ0) is 21.0. The van der Waals surface area contributed by atoms with Gasteiger partial charge in [0.2, 0.25) is 5.91 Å². The largest absolute Gasteiger partial charge is 0.464 e. The molecule has 3 aromatic heterocycles. The van der Waals surface area contributed by atoms with E-state index in [1.165, 1.54) is 18.0 Å². The highest BCUT2D eigenvalue weighted by molar-refractivity contribution is 8.16. The Morgan fingerprint density at radius 3 is 2.93 bits per heavy atom. The number of thioether (sulfide) groups is 1. The van der Waals surface area contributed by atoms with Crippen LogP contribution in [0.4, 0.5) is 18.9 Å². The van der Waals surface area contributed by atoms with E-state index in [4.69, 9.17) is 4.42 Å². The van der Waals surface area contributed by atoms with Gasteiger partial charge in [-0.2, -0.15) is 13.2 Å². The van der Waals surface area contributed by atoms with E-state index in [1.807, 2.05) is 0 Å². The number of carbonyl (C=O) groups is 1. The van der Waals surface area contributed by atoms with Gasteiger partial charge in [-0.15, -0.1) is 17.9 Å². The fourth-order valence-electron chi connectivity index (χ4n) is 3.27. The van der Waals surface area contributed by atoms with Crippen LogP contribution in [-0.2, 0) is 11.0 Å². The molecule has 11 heteroatoms.